The smallest absolute Gasteiger partial charge is 0.243 e. The van der Waals surface area contributed by atoms with Crippen molar-refractivity contribution < 1.29 is 13.2 Å². The minimum atomic E-state index is -3.87. The maximum atomic E-state index is 13.2. The predicted molar refractivity (Wildman–Crippen MR) is 116 cm³/mol. The van der Waals surface area contributed by atoms with Crippen molar-refractivity contribution in [2.45, 2.75) is 24.9 Å². The first-order chi connectivity index (χ1) is 14.3. The third kappa shape index (κ3) is 5.89. The first-order valence-corrected chi connectivity index (χ1v) is 11.1. The number of sulfonamides is 1. The number of aromatic nitrogens is 1. The van der Waals surface area contributed by atoms with Gasteiger partial charge in [0.25, 0.3) is 0 Å². The average Bonchev–Trinajstić information content (AvgIpc) is 2.74. The first-order valence-electron chi connectivity index (χ1n) is 9.31. The highest BCUT2D eigenvalue weighted by atomic mass is 35.5. The number of rotatable bonds is 8. The van der Waals surface area contributed by atoms with E-state index in [1.165, 1.54) is 4.31 Å². The number of carbonyl (C=O) groups excluding carboxylic acids is 1. The fourth-order valence-electron chi connectivity index (χ4n) is 2.80. The number of aryl methyl sites for hydroxylation is 1. The van der Waals surface area contributed by atoms with Crippen LogP contribution in [0.5, 0.6) is 0 Å². The van der Waals surface area contributed by atoms with E-state index >= 15 is 0 Å². The first kappa shape index (κ1) is 22.0. The molecule has 0 saturated heterocycles. The van der Waals surface area contributed by atoms with Crippen molar-refractivity contribution in [2.24, 2.45) is 0 Å². The van der Waals surface area contributed by atoms with Crippen LogP contribution < -0.4 is 5.32 Å². The van der Waals surface area contributed by atoms with E-state index in [0.717, 1.165) is 16.7 Å². The topological polar surface area (TPSA) is 79.4 Å². The number of hydrogen-bond acceptors (Lipinski definition) is 4. The van der Waals surface area contributed by atoms with E-state index in [2.05, 4.69) is 10.3 Å². The van der Waals surface area contributed by atoms with E-state index < -0.39 is 15.9 Å². The average molecular weight is 444 g/mol. The fraction of sp³-hybridized carbons (Fsp3) is 0.182. The number of pyridine rings is 1. The molecule has 0 fully saturated rings. The van der Waals surface area contributed by atoms with Crippen LogP contribution in [0, 0.1) is 6.92 Å². The summed E-state index contributed by atoms with van der Waals surface area (Å²) in [6.07, 6.45) is 3.27. The van der Waals surface area contributed by atoms with E-state index in [9.17, 15) is 13.2 Å². The quantitative estimate of drug-likeness (QED) is 0.577. The summed E-state index contributed by atoms with van der Waals surface area (Å²) in [6, 6.07) is 17.0. The fourth-order valence-corrected chi connectivity index (χ4v) is 4.31. The third-order valence-electron chi connectivity index (χ3n) is 4.49. The van der Waals surface area contributed by atoms with Gasteiger partial charge in [-0.1, -0.05) is 41.4 Å². The van der Waals surface area contributed by atoms with Gasteiger partial charge in [0.2, 0.25) is 15.9 Å². The summed E-state index contributed by atoms with van der Waals surface area (Å²) < 4.78 is 27.6. The largest absolute Gasteiger partial charge is 0.351 e. The molecular weight excluding hydrogens is 422 g/mol. The van der Waals surface area contributed by atoms with Crippen LogP contribution in [0.15, 0.2) is 78.0 Å². The minimum Gasteiger partial charge on any atom is -0.351 e. The summed E-state index contributed by atoms with van der Waals surface area (Å²) in [5.41, 5.74) is 2.56. The van der Waals surface area contributed by atoms with Gasteiger partial charge in [-0.25, -0.2) is 8.42 Å². The zero-order chi connectivity index (χ0) is 21.6. The lowest BCUT2D eigenvalue weighted by atomic mass is 10.2. The second-order valence-corrected chi connectivity index (χ2v) is 9.22. The van der Waals surface area contributed by atoms with Crippen LogP contribution in [-0.2, 0) is 27.9 Å². The summed E-state index contributed by atoms with van der Waals surface area (Å²) in [5, 5.41) is 3.32. The number of halogens is 1. The normalized spacial score (nSPS) is 11.4. The Morgan fingerprint density at radius 2 is 1.60 bits per heavy atom. The van der Waals surface area contributed by atoms with E-state index in [1.54, 1.807) is 73.1 Å². The van der Waals surface area contributed by atoms with Gasteiger partial charge < -0.3 is 5.32 Å². The van der Waals surface area contributed by atoms with Crippen molar-refractivity contribution in [1.29, 1.82) is 0 Å². The molecule has 0 spiro atoms. The molecule has 0 saturated carbocycles. The molecule has 1 N–H and O–H groups in total. The SMILES string of the molecule is Cc1ccc(S(=O)(=O)N(CC(=O)NCc2ccncc2)Cc2ccc(Cl)cc2)cc1. The van der Waals surface area contributed by atoms with Crippen LogP contribution in [0.4, 0.5) is 0 Å². The van der Waals surface area contributed by atoms with E-state index in [1.807, 2.05) is 6.92 Å². The molecule has 3 aromatic rings. The maximum absolute atomic E-state index is 13.2. The Bertz CT molecular complexity index is 1090. The number of carbonyl (C=O) groups is 1. The van der Waals surface area contributed by atoms with E-state index in [-0.39, 0.29) is 18.0 Å². The zero-order valence-corrected chi connectivity index (χ0v) is 18.0. The molecule has 0 aliphatic rings. The lowest BCUT2D eigenvalue weighted by Crippen LogP contribution is -2.40. The number of nitrogens with one attached hydrogen (secondary N) is 1. The molecule has 0 aliphatic heterocycles. The minimum absolute atomic E-state index is 0.0516. The maximum Gasteiger partial charge on any atom is 0.243 e. The molecule has 3 rings (SSSR count). The highest BCUT2D eigenvalue weighted by Gasteiger charge is 2.26. The van der Waals surface area contributed by atoms with Crippen molar-refractivity contribution in [2.75, 3.05) is 6.54 Å². The molecule has 0 radical (unpaired) electrons. The molecule has 6 nitrogen and oxygen atoms in total. The van der Waals surface area contributed by atoms with Crippen molar-refractivity contribution >= 4 is 27.5 Å². The molecule has 2 aromatic carbocycles. The lowest BCUT2D eigenvalue weighted by Gasteiger charge is -2.22. The van der Waals surface area contributed by atoms with Gasteiger partial charge in [0, 0.05) is 30.5 Å². The van der Waals surface area contributed by atoms with Crippen molar-refractivity contribution in [3.8, 4) is 0 Å². The molecular formula is C22H22ClN3O3S. The van der Waals surface area contributed by atoms with Crippen molar-refractivity contribution in [3.63, 3.8) is 0 Å². The molecule has 0 atom stereocenters. The van der Waals surface area contributed by atoms with Crippen LogP contribution in [0.1, 0.15) is 16.7 Å². The van der Waals surface area contributed by atoms with E-state index in [4.69, 9.17) is 11.6 Å². The Labute approximate surface area is 181 Å². The van der Waals surface area contributed by atoms with E-state index in [0.29, 0.717) is 11.6 Å². The third-order valence-corrected chi connectivity index (χ3v) is 6.55. The number of amides is 1. The highest BCUT2D eigenvalue weighted by Crippen LogP contribution is 2.20. The zero-order valence-electron chi connectivity index (χ0n) is 16.5. The highest BCUT2D eigenvalue weighted by molar-refractivity contribution is 7.89. The Morgan fingerprint density at radius 3 is 2.23 bits per heavy atom. The van der Waals surface area contributed by atoms with Crippen LogP contribution in [0.2, 0.25) is 5.02 Å². The monoisotopic (exact) mass is 443 g/mol. The molecule has 8 heteroatoms. The van der Waals surface area contributed by atoms with Gasteiger partial charge in [-0.05, 0) is 54.4 Å². The van der Waals surface area contributed by atoms with Gasteiger partial charge in [0.15, 0.2) is 0 Å². The van der Waals surface area contributed by atoms with Crippen LogP contribution in [-0.4, -0.2) is 30.2 Å². The lowest BCUT2D eigenvalue weighted by molar-refractivity contribution is -0.121. The summed E-state index contributed by atoms with van der Waals surface area (Å²) >= 11 is 5.93. The van der Waals surface area contributed by atoms with Crippen molar-refractivity contribution in [1.82, 2.24) is 14.6 Å². The molecule has 1 heterocycles. The van der Waals surface area contributed by atoms with Gasteiger partial charge >= 0.3 is 0 Å². The Balaban J connectivity index is 1.80. The molecule has 1 amide bonds. The number of hydrogen-bond donors (Lipinski definition) is 1. The summed E-state index contributed by atoms with van der Waals surface area (Å²) in [7, 11) is -3.87. The molecule has 0 unspecified atom stereocenters. The molecule has 0 aliphatic carbocycles. The van der Waals surface area contributed by atoms with Gasteiger partial charge in [0.1, 0.15) is 0 Å². The Hall–Kier alpha value is -2.74. The Morgan fingerprint density at radius 1 is 0.967 bits per heavy atom. The van der Waals surface area contributed by atoms with Gasteiger partial charge in [0.05, 0.1) is 11.4 Å². The van der Waals surface area contributed by atoms with Gasteiger partial charge in [-0.3, -0.25) is 9.78 Å². The van der Waals surface area contributed by atoms with Crippen LogP contribution in [0.25, 0.3) is 0 Å². The van der Waals surface area contributed by atoms with Crippen LogP contribution in [0.3, 0.4) is 0 Å². The van der Waals surface area contributed by atoms with Crippen LogP contribution >= 0.6 is 11.6 Å². The molecule has 1 aromatic heterocycles. The summed E-state index contributed by atoms with van der Waals surface area (Å²) in [5.74, 6) is -0.392. The summed E-state index contributed by atoms with van der Waals surface area (Å²) in [6.45, 7) is 1.93. The molecule has 0 bridgehead atoms. The van der Waals surface area contributed by atoms with Crippen molar-refractivity contribution in [3.05, 3.63) is 94.8 Å². The predicted octanol–water partition coefficient (Wildman–Crippen LogP) is 3.55. The Kier molecular flexibility index (Phi) is 7.20. The standard InChI is InChI=1S/C22H22ClN3O3S/c1-17-2-8-21(9-3-17)30(28,29)26(15-19-4-6-20(23)7-5-19)16-22(27)25-14-18-10-12-24-13-11-18/h2-13H,14-16H2,1H3,(H,25,27). The molecule has 30 heavy (non-hydrogen) atoms. The number of nitrogens with zero attached hydrogens (tertiary/aromatic N) is 2. The number of benzene rings is 2. The summed E-state index contributed by atoms with van der Waals surface area (Å²) in [4.78, 5) is 16.6. The van der Waals surface area contributed by atoms with Gasteiger partial charge in [-0.15, -0.1) is 0 Å². The molecule has 156 valence electrons. The van der Waals surface area contributed by atoms with Gasteiger partial charge in [-0.2, -0.15) is 4.31 Å². The second-order valence-electron chi connectivity index (χ2n) is 6.84. The second kappa shape index (κ2) is 9.84.